The van der Waals surface area contributed by atoms with E-state index in [1.54, 1.807) is 7.11 Å². The minimum atomic E-state index is -1.66. The van der Waals surface area contributed by atoms with E-state index in [-0.39, 0.29) is 46.1 Å². The molecule has 5 fully saturated rings. The fourth-order valence-corrected chi connectivity index (χ4v) is 12.5. The quantitative estimate of drug-likeness (QED) is 0.189. The van der Waals surface area contributed by atoms with E-state index < -0.39 is 53.6 Å². The predicted octanol–water partition coefficient (Wildman–Crippen LogP) is 4.30. The number of carbonyl (C=O) groups is 2. The summed E-state index contributed by atoms with van der Waals surface area (Å²) in [4.78, 5) is 25.9. The second-order valence-electron chi connectivity index (χ2n) is 18.1. The molecule has 0 aromatic carbocycles. The van der Waals surface area contributed by atoms with Gasteiger partial charge in [-0.1, -0.05) is 53.2 Å². The molecular weight excluding hydrogens is 616 g/mol. The molecule has 6 aliphatic rings. The van der Waals surface area contributed by atoms with Crippen LogP contribution >= 0.6 is 0 Å². The first-order valence-electron chi connectivity index (χ1n) is 18.2. The molecule has 1 aliphatic heterocycles. The lowest BCUT2D eigenvalue weighted by Gasteiger charge is -2.71. The molecule has 0 bridgehead atoms. The van der Waals surface area contributed by atoms with E-state index in [1.165, 1.54) is 5.57 Å². The van der Waals surface area contributed by atoms with Gasteiger partial charge < -0.3 is 39.4 Å². The number of hydrogen-bond donors (Lipinski definition) is 4. The molecule has 0 unspecified atom stereocenters. The Morgan fingerprint density at radius 2 is 1.54 bits per heavy atom. The van der Waals surface area contributed by atoms with Gasteiger partial charge in [0.2, 0.25) is 0 Å². The highest BCUT2D eigenvalue weighted by Gasteiger charge is 2.70. The van der Waals surface area contributed by atoms with Crippen molar-refractivity contribution in [2.24, 2.45) is 50.2 Å². The molecule has 6 rings (SSSR count). The summed E-state index contributed by atoms with van der Waals surface area (Å²) in [6.45, 7) is 14.0. The molecule has 272 valence electrons. The van der Waals surface area contributed by atoms with Gasteiger partial charge in [0.05, 0.1) is 32.3 Å². The zero-order valence-electron chi connectivity index (χ0n) is 30.3. The molecule has 10 heteroatoms. The first-order chi connectivity index (χ1) is 22.4. The summed E-state index contributed by atoms with van der Waals surface area (Å²) in [5.74, 6) is -0.283. The van der Waals surface area contributed by atoms with E-state index in [0.29, 0.717) is 12.3 Å². The average Bonchev–Trinajstić information content (AvgIpc) is 3.05. The first kappa shape index (κ1) is 36.2. The molecule has 0 radical (unpaired) electrons. The number of aliphatic hydroxyl groups excluding tert-OH is 4. The van der Waals surface area contributed by atoms with Crippen molar-refractivity contribution in [3.63, 3.8) is 0 Å². The van der Waals surface area contributed by atoms with Crippen LogP contribution in [0.2, 0.25) is 0 Å². The lowest BCUT2D eigenvalue weighted by Crippen LogP contribution is -2.67. The molecule has 0 spiro atoms. The Morgan fingerprint density at radius 1 is 0.854 bits per heavy atom. The lowest BCUT2D eigenvalue weighted by molar-refractivity contribution is -0.327. The van der Waals surface area contributed by atoms with Crippen molar-refractivity contribution in [1.29, 1.82) is 0 Å². The van der Waals surface area contributed by atoms with E-state index in [4.69, 9.17) is 18.9 Å². The average molecular weight is 677 g/mol. The Balaban J connectivity index is 1.31. The Morgan fingerprint density at radius 3 is 2.19 bits per heavy atom. The maximum absolute atomic E-state index is 13.6. The van der Waals surface area contributed by atoms with E-state index in [1.807, 2.05) is 0 Å². The number of allylic oxidation sites excluding steroid dienone is 2. The van der Waals surface area contributed by atoms with Crippen molar-refractivity contribution >= 4 is 11.9 Å². The summed E-state index contributed by atoms with van der Waals surface area (Å²) < 4.78 is 22.4. The third kappa shape index (κ3) is 4.93. The molecule has 48 heavy (non-hydrogen) atoms. The molecule has 1 heterocycles. The summed E-state index contributed by atoms with van der Waals surface area (Å²) in [6.07, 6.45) is 3.12. The summed E-state index contributed by atoms with van der Waals surface area (Å²) >= 11 is 0. The SMILES string of the molecule is COC(=O)[C@H]1O[C@@H](O[C@H]2CC[C@@]3(C)[C@@H](CC[C@]4(C)[C@@H]3CC=C3[C@@H]5CC(C)(C)CC[C@]5(C(=O)OC)CC[C@]34C)[C@]2(C)CO)[C@H](O)[C@@H](O)[C@@H]1O. The fourth-order valence-electron chi connectivity index (χ4n) is 12.5. The lowest BCUT2D eigenvalue weighted by atomic mass is 9.33. The smallest absolute Gasteiger partial charge is 0.337 e. The van der Waals surface area contributed by atoms with Crippen LogP contribution in [0.1, 0.15) is 106 Å². The maximum atomic E-state index is 13.6. The summed E-state index contributed by atoms with van der Waals surface area (Å²) in [6, 6.07) is 0. The van der Waals surface area contributed by atoms with Crippen LogP contribution in [0, 0.1) is 50.2 Å². The van der Waals surface area contributed by atoms with E-state index in [2.05, 4.69) is 47.6 Å². The first-order valence-corrected chi connectivity index (χ1v) is 18.2. The highest BCUT2D eigenvalue weighted by atomic mass is 16.7. The Labute approximate surface area is 285 Å². The van der Waals surface area contributed by atoms with Gasteiger partial charge in [0, 0.05) is 5.41 Å². The van der Waals surface area contributed by atoms with Crippen molar-refractivity contribution in [2.75, 3.05) is 20.8 Å². The van der Waals surface area contributed by atoms with Crippen LogP contribution in [0.15, 0.2) is 11.6 Å². The van der Waals surface area contributed by atoms with Crippen LogP contribution < -0.4 is 0 Å². The van der Waals surface area contributed by atoms with Crippen LogP contribution in [0.5, 0.6) is 0 Å². The van der Waals surface area contributed by atoms with Crippen molar-refractivity contribution < 1.29 is 49.0 Å². The summed E-state index contributed by atoms with van der Waals surface area (Å²) in [5.41, 5.74) is 0.296. The number of rotatable bonds is 5. The van der Waals surface area contributed by atoms with Gasteiger partial charge in [-0.25, -0.2) is 4.79 Å². The molecule has 0 aromatic heterocycles. The normalized spacial score (nSPS) is 51.2. The van der Waals surface area contributed by atoms with Crippen molar-refractivity contribution in [1.82, 2.24) is 0 Å². The van der Waals surface area contributed by atoms with Crippen LogP contribution in [0.3, 0.4) is 0 Å². The van der Waals surface area contributed by atoms with Gasteiger partial charge >= 0.3 is 11.9 Å². The van der Waals surface area contributed by atoms with Gasteiger partial charge in [0.25, 0.3) is 0 Å². The Hall–Kier alpha value is -1.56. The number of fused-ring (bicyclic) bond motifs is 7. The van der Waals surface area contributed by atoms with Gasteiger partial charge in [0.1, 0.15) is 18.3 Å². The van der Waals surface area contributed by atoms with Gasteiger partial charge in [-0.2, -0.15) is 0 Å². The molecule has 5 aliphatic carbocycles. The zero-order valence-corrected chi connectivity index (χ0v) is 30.3. The highest BCUT2D eigenvalue weighted by molar-refractivity contribution is 5.78. The number of methoxy groups -OCH3 is 2. The van der Waals surface area contributed by atoms with Gasteiger partial charge in [0.15, 0.2) is 12.4 Å². The number of aliphatic hydroxyl groups is 4. The van der Waals surface area contributed by atoms with Crippen LogP contribution in [-0.4, -0.2) is 90.0 Å². The van der Waals surface area contributed by atoms with Crippen LogP contribution in [-0.2, 0) is 28.5 Å². The molecule has 14 atom stereocenters. The third-order valence-corrected chi connectivity index (χ3v) is 15.6. The third-order valence-electron chi connectivity index (χ3n) is 15.6. The van der Waals surface area contributed by atoms with E-state index in [9.17, 15) is 30.0 Å². The highest BCUT2D eigenvalue weighted by Crippen LogP contribution is 2.76. The second kappa shape index (κ2) is 12.0. The van der Waals surface area contributed by atoms with Crippen LogP contribution in [0.4, 0.5) is 0 Å². The molecule has 1 saturated heterocycles. The number of carbonyl (C=O) groups excluding carboxylic acids is 2. The van der Waals surface area contributed by atoms with Crippen molar-refractivity contribution in [3.8, 4) is 0 Å². The molecular formula is C38H60O10. The van der Waals surface area contributed by atoms with Crippen LogP contribution in [0.25, 0.3) is 0 Å². The number of esters is 2. The summed E-state index contributed by atoms with van der Waals surface area (Å²) in [7, 11) is 2.70. The summed E-state index contributed by atoms with van der Waals surface area (Å²) in [5, 5.41) is 42.9. The van der Waals surface area contributed by atoms with Gasteiger partial charge in [-0.05, 0) is 104 Å². The number of hydrogen-bond acceptors (Lipinski definition) is 10. The van der Waals surface area contributed by atoms with Crippen molar-refractivity contribution in [3.05, 3.63) is 11.6 Å². The van der Waals surface area contributed by atoms with Gasteiger partial charge in [-0.15, -0.1) is 0 Å². The number of ether oxygens (including phenoxy) is 4. The van der Waals surface area contributed by atoms with Gasteiger partial charge in [-0.3, -0.25) is 4.79 Å². The molecule has 4 saturated carbocycles. The second-order valence-corrected chi connectivity index (χ2v) is 18.1. The maximum Gasteiger partial charge on any atom is 0.337 e. The fraction of sp³-hybridized carbons (Fsp3) is 0.895. The molecule has 4 N–H and O–H groups in total. The monoisotopic (exact) mass is 676 g/mol. The predicted molar refractivity (Wildman–Crippen MR) is 176 cm³/mol. The molecule has 10 nitrogen and oxygen atoms in total. The Kier molecular flexibility index (Phi) is 9.07. The van der Waals surface area contributed by atoms with E-state index >= 15 is 0 Å². The molecule has 0 amide bonds. The van der Waals surface area contributed by atoms with E-state index in [0.717, 1.165) is 64.9 Å². The Bertz CT molecular complexity index is 1310. The van der Waals surface area contributed by atoms with Crippen molar-refractivity contribution in [2.45, 2.75) is 143 Å². The minimum absolute atomic E-state index is 0.00702. The largest absolute Gasteiger partial charge is 0.469 e. The zero-order chi connectivity index (χ0) is 35.2. The topological polar surface area (TPSA) is 152 Å². The molecule has 0 aromatic rings. The minimum Gasteiger partial charge on any atom is -0.469 e. The standard InChI is InChI=1S/C38H60O10/c1-33(2)15-17-38(32(44)46-8)18-16-36(5)21(22(38)19-33)9-10-24-34(3)13-12-25(35(4,20-39)23(34)11-14-37(24,36)6)47-31-28(42)26(40)27(41)29(48-31)30(43)45-7/h9,22-29,31,39-42H,10-20H2,1-8H3/t22-,23+,24+,25-,26-,27-,28+,29-,31+,34-,35-,36+,37+,38-/m0/s1.